The first kappa shape index (κ1) is 48.3. The Kier molecular flexibility index (Phi) is 19.3. The van der Waals surface area contributed by atoms with Gasteiger partial charge >= 0.3 is 0 Å². The van der Waals surface area contributed by atoms with Crippen LogP contribution < -0.4 is 0 Å². The average Bonchev–Trinajstić information content (AvgIpc) is 3.98. The highest BCUT2D eigenvalue weighted by molar-refractivity contribution is 7.12. The van der Waals surface area contributed by atoms with E-state index in [-0.39, 0.29) is 14.9 Å². The number of thiophene rings is 1. The average molecular weight is 790 g/mol. The van der Waals surface area contributed by atoms with Crippen molar-refractivity contribution >= 4 is 45.3 Å². The molecule has 7 nitrogen and oxygen atoms in total. The summed E-state index contributed by atoms with van der Waals surface area (Å²) in [6, 6.07) is 19.5. The maximum Gasteiger partial charge on any atom is 0.104 e. The number of H-pyrrole nitrogens is 3. The lowest BCUT2D eigenvalue weighted by Gasteiger charge is -2.11. The molecule has 8 rings (SSSR count). The number of nitrogens with one attached hydrogen (secondary N) is 3. The molecular formula is C49H71N7S. The summed E-state index contributed by atoms with van der Waals surface area (Å²) >= 11 is 1.90. The van der Waals surface area contributed by atoms with Gasteiger partial charge in [-0.2, -0.15) is 0 Å². The molecule has 0 amide bonds. The second kappa shape index (κ2) is 22.8. The Morgan fingerprint density at radius 1 is 0.649 bits per heavy atom. The molecule has 6 heterocycles. The topological polar surface area (TPSA) is 98.4 Å². The number of imidazole rings is 2. The first-order valence-corrected chi connectivity index (χ1v) is 20.5. The molecule has 2 aromatic carbocycles. The Hall–Kier alpha value is -4.82. The highest BCUT2D eigenvalue weighted by Crippen LogP contribution is 2.31. The zero-order chi connectivity index (χ0) is 40.2. The number of hydrogen-bond acceptors (Lipinski definition) is 5. The summed E-state index contributed by atoms with van der Waals surface area (Å²) in [6.07, 6.45) is 10.4. The van der Waals surface area contributed by atoms with Crippen LogP contribution in [0.3, 0.4) is 0 Å². The third kappa shape index (κ3) is 14.3. The van der Waals surface area contributed by atoms with Crippen LogP contribution >= 0.6 is 11.3 Å². The van der Waals surface area contributed by atoms with E-state index in [1.807, 2.05) is 49.1 Å². The van der Waals surface area contributed by atoms with E-state index in [1.165, 1.54) is 49.0 Å². The molecule has 3 N–H and O–H groups in total. The quantitative estimate of drug-likeness (QED) is 0.162. The van der Waals surface area contributed by atoms with Gasteiger partial charge in [0.2, 0.25) is 0 Å². The summed E-state index contributed by atoms with van der Waals surface area (Å²) in [7, 11) is 0. The van der Waals surface area contributed by atoms with Gasteiger partial charge in [-0.25, -0.2) is 9.97 Å². The maximum atomic E-state index is 4.36. The van der Waals surface area contributed by atoms with Crippen LogP contribution in [0.1, 0.15) is 163 Å². The summed E-state index contributed by atoms with van der Waals surface area (Å²) in [5.41, 5.74) is 13.6. The second-order valence-electron chi connectivity index (χ2n) is 15.9. The van der Waals surface area contributed by atoms with Crippen molar-refractivity contribution in [2.45, 2.75) is 141 Å². The van der Waals surface area contributed by atoms with Gasteiger partial charge in [-0.1, -0.05) is 96.2 Å². The van der Waals surface area contributed by atoms with Gasteiger partial charge < -0.3 is 15.0 Å². The fourth-order valence-corrected chi connectivity index (χ4v) is 6.93. The fraction of sp³-hybridized carbons (Fsp3) is 0.429. The summed E-state index contributed by atoms with van der Waals surface area (Å²) in [6.45, 7) is 28.2. The molecule has 5 aromatic heterocycles. The number of rotatable bonds is 5. The van der Waals surface area contributed by atoms with E-state index in [1.54, 1.807) is 6.33 Å². The van der Waals surface area contributed by atoms with E-state index in [9.17, 15) is 0 Å². The van der Waals surface area contributed by atoms with E-state index >= 15 is 0 Å². The highest BCUT2D eigenvalue weighted by Gasteiger charge is 2.11. The Bertz CT molecular complexity index is 2230. The number of fused-ring (bicyclic) bond motifs is 3. The molecular weight excluding hydrogens is 719 g/mol. The highest BCUT2D eigenvalue weighted by atomic mass is 32.1. The van der Waals surface area contributed by atoms with Crippen molar-refractivity contribution in [1.29, 1.82) is 0 Å². The normalized spacial score (nSPS) is 11.3. The number of pyridine rings is 1. The molecule has 0 atom stereocenters. The standard InChI is InChI=1S/C12H15N.C11H14N2.C10H12N2.C8H12S.C6H10N2.2CH4/c1-8(2)11-7-12-10(4-5-13-12)6-9(11)3;1-7(2)9-4-5-10-11(6-9)13-8(3)12-10;1-7(2)8-5-10-9(12-6-8)3-4-11-10;1-6(2)8-5-4-7(3)9-8;1-5(2)6-3-7-4-8-6;;/h5-8H,4H2,1-3H3;4-7H,1-3H3,(H,12,13);3-7,11H,1-2H3;4-6H,1-3H3;3-5H,1-2H3,(H,7,8);2*1H4. The Balaban J connectivity index is 0.000000247. The molecule has 0 saturated carbocycles. The number of nitrogens with zero attached hydrogens (tertiary/aromatic N) is 4. The lowest BCUT2D eigenvalue weighted by atomic mass is 9.95. The van der Waals surface area contributed by atoms with Crippen molar-refractivity contribution in [2.75, 3.05) is 0 Å². The predicted octanol–water partition coefficient (Wildman–Crippen LogP) is 15.0. The van der Waals surface area contributed by atoms with Crippen LogP contribution in [0.25, 0.3) is 22.1 Å². The number of hydrogen-bond donors (Lipinski definition) is 3. The number of aliphatic imine (C=N–C) groups is 1. The fourth-order valence-electron chi connectivity index (χ4n) is 6.05. The second-order valence-corrected chi connectivity index (χ2v) is 17.2. The van der Waals surface area contributed by atoms with Gasteiger partial charge in [-0.05, 0) is 121 Å². The summed E-state index contributed by atoms with van der Waals surface area (Å²) in [5, 5.41) is 0. The van der Waals surface area contributed by atoms with E-state index in [4.69, 9.17) is 0 Å². The summed E-state index contributed by atoms with van der Waals surface area (Å²) in [5.74, 6) is 3.97. The van der Waals surface area contributed by atoms with Crippen molar-refractivity contribution in [3.8, 4) is 0 Å². The van der Waals surface area contributed by atoms with E-state index in [0.29, 0.717) is 29.6 Å². The van der Waals surface area contributed by atoms with Gasteiger partial charge in [0.25, 0.3) is 0 Å². The SMILES string of the molecule is C.C.CC(C)c1cnc2cc[nH]c2c1.CC(C)c1cnc[nH]1.Cc1cc2c(cc1C(C)C)N=CC2.Cc1ccc(C(C)C)s1.Cc1nc2ccc(C(C)C)cc2[nH]1. The molecule has 1 aliphatic heterocycles. The minimum absolute atomic E-state index is 0. The number of benzene rings is 2. The van der Waals surface area contributed by atoms with Crippen molar-refractivity contribution in [3.63, 3.8) is 0 Å². The molecule has 57 heavy (non-hydrogen) atoms. The minimum Gasteiger partial charge on any atom is -0.360 e. The third-order valence-electron chi connectivity index (χ3n) is 9.48. The van der Waals surface area contributed by atoms with Crippen LogP contribution in [-0.4, -0.2) is 36.1 Å². The van der Waals surface area contributed by atoms with Crippen molar-refractivity contribution in [3.05, 3.63) is 129 Å². The molecule has 0 saturated heterocycles. The van der Waals surface area contributed by atoms with Gasteiger partial charge in [0.05, 0.1) is 34.1 Å². The van der Waals surface area contributed by atoms with Gasteiger partial charge in [0, 0.05) is 46.7 Å². The molecule has 0 fully saturated rings. The molecule has 0 unspecified atom stereocenters. The number of aromatic nitrogens is 6. The first-order valence-electron chi connectivity index (χ1n) is 19.7. The maximum absolute atomic E-state index is 4.36. The first-order chi connectivity index (χ1) is 26.1. The van der Waals surface area contributed by atoms with E-state index in [2.05, 4.69) is 167 Å². The predicted molar refractivity (Wildman–Crippen MR) is 252 cm³/mol. The lowest BCUT2D eigenvalue weighted by molar-refractivity contribution is 0.832. The molecule has 0 spiro atoms. The summed E-state index contributed by atoms with van der Waals surface area (Å²) in [4.78, 5) is 29.3. The summed E-state index contributed by atoms with van der Waals surface area (Å²) < 4.78 is 0. The van der Waals surface area contributed by atoms with Crippen molar-refractivity contribution in [1.82, 2.24) is 29.9 Å². The van der Waals surface area contributed by atoms with Gasteiger partial charge in [-0.15, -0.1) is 11.3 Å². The lowest BCUT2D eigenvalue weighted by Crippen LogP contribution is -1.93. The molecule has 1 aliphatic rings. The van der Waals surface area contributed by atoms with Crippen molar-refractivity contribution in [2.24, 2.45) is 4.99 Å². The molecule has 0 radical (unpaired) electrons. The van der Waals surface area contributed by atoms with Crippen LogP contribution in [0.4, 0.5) is 5.69 Å². The smallest absolute Gasteiger partial charge is 0.104 e. The number of aromatic amines is 3. The molecule has 0 bridgehead atoms. The van der Waals surface area contributed by atoms with Gasteiger partial charge in [0.15, 0.2) is 0 Å². The molecule has 308 valence electrons. The van der Waals surface area contributed by atoms with Crippen LogP contribution in [0.15, 0.2) is 84.5 Å². The van der Waals surface area contributed by atoms with Gasteiger partial charge in [0.1, 0.15) is 5.82 Å². The monoisotopic (exact) mass is 790 g/mol. The molecule has 8 heteroatoms. The Morgan fingerprint density at radius 3 is 1.89 bits per heavy atom. The van der Waals surface area contributed by atoms with Crippen LogP contribution in [0.5, 0.6) is 0 Å². The Morgan fingerprint density at radius 2 is 1.35 bits per heavy atom. The van der Waals surface area contributed by atoms with Crippen molar-refractivity contribution < 1.29 is 0 Å². The third-order valence-corrected chi connectivity index (χ3v) is 10.8. The zero-order valence-electron chi connectivity index (χ0n) is 35.4. The molecule has 7 aromatic rings. The minimum atomic E-state index is 0. The zero-order valence-corrected chi connectivity index (χ0v) is 36.2. The van der Waals surface area contributed by atoms with E-state index < -0.39 is 0 Å². The number of aryl methyl sites for hydroxylation is 3. The van der Waals surface area contributed by atoms with E-state index in [0.717, 1.165) is 34.3 Å². The van der Waals surface area contributed by atoms with Crippen LogP contribution in [0.2, 0.25) is 0 Å². The van der Waals surface area contributed by atoms with Gasteiger partial charge in [-0.3, -0.25) is 9.98 Å². The Labute approximate surface area is 348 Å². The van der Waals surface area contributed by atoms with Crippen LogP contribution in [-0.2, 0) is 6.42 Å². The van der Waals surface area contributed by atoms with Crippen LogP contribution in [0, 0.1) is 20.8 Å². The largest absolute Gasteiger partial charge is 0.360 e. The molecule has 0 aliphatic carbocycles.